The fourth-order valence-corrected chi connectivity index (χ4v) is 3.96. The van der Waals surface area contributed by atoms with Crippen LogP contribution in [0.4, 0.5) is 0 Å². The summed E-state index contributed by atoms with van der Waals surface area (Å²) in [5.74, 6) is -0.194. The van der Waals surface area contributed by atoms with Crippen LogP contribution in [0.5, 0.6) is 0 Å². The van der Waals surface area contributed by atoms with Gasteiger partial charge >= 0.3 is 0 Å². The Morgan fingerprint density at radius 3 is 3.04 bits per heavy atom. The highest BCUT2D eigenvalue weighted by Crippen LogP contribution is 2.36. The van der Waals surface area contributed by atoms with Gasteiger partial charge in [0.15, 0.2) is 0 Å². The van der Waals surface area contributed by atoms with Gasteiger partial charge < -0.3 is 15.2 Å². The highest BCUT2D eigenvalue weighted by Gasteiger charge is 2.36. The number of carbonyl (C=O) groups is 1. The lowest BCUT2D eigenvalue weighted by Gasteiger charge is -2.24. The molecule has 0 spiro atoms. The minimum absolute atomic E-state index is 0.194. The number of aromatic nitrogens is 1. The second kappa shape index (κ2) is 6.39. The van der Waals surface area contributed by atoms with Crippen molar-refractivity contribution >= 4 is 17.2 Å². The summed E-state index contributed by atoms with van der Waals surface area (Å²) in [4.78, 5) is 17.3. The minimum Gasteiger partial charge on any atom is -0.383 e. The molecule has 6 heteroatoms. The lowest BCUT2D eigenvalue weighted by atomic mass is 9.96. The number of methoxy groups -OCH3 is 1. The molecular formula is C17H20N2O3S. The first-order valence-corrected chi connectivity index (χ1v) is 8.39. The van der Waals surface area contributed by atoms with Crippen LogP contribution in [0.25, 0.3) is 0 Å². The number of hydrogen-bond donors (Lipinski definition) is 2. The second-order valence-corrected chi connectivity index (χ2v) is 6.91. The minimum atomic E-state index is -0.986. The Kier molecular flexibility index (Phi) is 4.48. The molecule has 1 aromatic heterocycles. The van der Waals surface area contributed by atoms with Gasteiger partial charge in [-0.1, -0.05) is 24.3 Å². The quantitative estimate of drug-likeness (QED) is 0.880. The number of amides is 1. The first kappa shape index (κ1) is 16.1. The fraction of sp³-hybridized carbons (Fsp3) is 0.412. The van der Waals surface area contributed by atoms with Crippen LogP contribution in [0.1, 0.15) is 37.9 Å². The van der Waals surface area contributed by atoms with Crippen molar-refractivity contribution in [2.45, 2.75) is 32.0 Å². The van der Waals surface area contributed by atoms with Gasteiger partial charge in [-0.05, 0) is 30.9 Å². The molecule has 0 bridgehead atoms. The smallest absolute Gasteiger partial charge is 0.263 e. The lowest BCUT2D eigenvalue weighted by Crippen LogP contribution is -2.39. The Hall–Kier alpha value is -1.76. The Balaban J connectivity index is 1.70. The number of thiazole rings is 1. The van der Waals surface area contributed by atoms with E-state index in [9.17, 15) is 9.90 Å². The normalized spacial score (nSPS) is 19.6. The number of nitrogens with one attached hydrogen (secondary N) is 1. The molecule has 1 aliphatic carbocycles. The van der Waals surface area contributed by atoms with Gasteiger partial charge in [-0.2, -0.15) is 0 Å². The molecule has 1 unspecified atom stereocenters. The molecule has 1 aliphatic rings. The average molecular weight is 332 g/mol. The molecule has 2 aromatic rings. The van der Waals surface area contributed by atoms with Gasteiger partial charge in [0, 0.05) is 7.11 Å². The third kappa shape index (κ3) is 3.15. The van der Waals surface area contributed by atoms with Crippen LogP contribution in [0.3, 0.4) is 0 Å². The van der Waals surface area contributed by atoms with Crippen molar-refractivity contribution in [2.75, 3.05) is 13.7 Å². The summed E-state index contributed by atoms with van der Waals surface area (Å²) in [7, 11) is 1.60. The summed E-state index contributed by atoms with van der Waals surface area (Å²) >= 11 is 1.33. The molecule has 1 amide bonds. The van der Waals surface area contributed by atoms with Gasteiger partial charge in [0.2, 0.25) is 0 Å². The highest BCUT2D eigenvalue weighted by molar-refractivity contribution is 7.13. The van der Waals surface area contributed by atoms with E-state index in [4.69, 9.17) is 4.74 Å². The van der Waals surface area contributed by atoms with Crippen LogP contribution in [0, 0.1) is 6.92 Å². The van der Waals surface area contributed by atoms with Gasteiger partial charge in [0.25, 0.3) is 5.91 Å². The highest BCUT2D eigenvalue weighted by atomic mass is 32.1. The van der Waals surface area contributed by atoms with Crippen LogP contribution in [0.2, 0.25) is 0 Å². The summed E-state index contributed by atoms with van der Waals surface area (Å²) in [5.41, 5.74) is 1.78. The second-order valence-electron chi connectivity index (χ2n) is 5.83. The monoisotopic (exact) mass is 332 g/mol. The van der Waals surface area contributed by atoms with Crippen LogP contribution >= 0.6 is 11.3 Å². The predicted octanol–water partition coefficient (Wildman–Crippen LogP) is 2.16. The maximum atomic E-state index is 12.4. The number of benzene rings is 1. The predicted molar refractivity (Wildman–Crippen MR) is 88.6 cm³/mol. The Bertz CT molecular complexity index is 728. The Morgan fingerprint density at radius 2 is 2.26 bits per heavy atom. The SMILES string of the molecule is COCc1nc(C)c(C(=O)NCC2(O)CCc3ccccc32)s1. The maximum Gasteiger partial charge on any atom is 0.263 e. The van der Waals surface area contributed by atoms with Gasteiger partial charge in [-0.25, -0.2) is 4.98 Å². The zero-order valence-electron chi connectivity index (χ0n) is 13.3. The van der Waals surface area contributed by atoms with Crippen molar-refractivity contribution in [3.05, 3.63) is 51.0 Å². The van der Waals surface area contributed by atoms with Crippen molar-refractivity contribution in [1.82, 2.24) is 10.3 Å². The maximum absolute atomic E-state index is 12.4. The molecule has 0 fully saturated rings. The third-order valence-corrected chi connectivity index (χ3v) is 5.31. The van der Waals surface area contributed by atoms with Crippen molar-refractivity contribution in [3.8, 4) is 0 Å². The Morgan fingerprint density at radius 1 is 1.48 bits per heavy atom. The van der Waals surface area contributed by atoms with Crippen LogP contribution < -0.4 is 5.32 Å². The number of nitrogens with zero attached hydrogens (tertiary/aromatic N) is 1. The molecule has 3 rings (SSSR count). The molecule has 1 heterocycles. The van der Waals surface area contributed by atoms with E-state index in [1.807, 2.05) is 31.2 Å². The molecule has 5 nitrogen and oxygen atoms in total. The van der Waals surface area contributed by atoms with E-state index >= 15 is 0 Å². The number of carbonyl (C=O) groups excluding carboxylic acids is 1. The van der Waals surface area contributed by atoms with Crippen LogP contribution in [-0.4, -0.2) is 29.7 Å². The van der Waals surface area contributed by atoms with E-state index in [0.717, 1.165) is 22.6 Å². The molecule has 2 N–H and O–H groups in total. The fourth-order valence-electron chi connectivity index (χ4n) is 3.01. The summed E-state index contributed by atoms with van der Waals surface area (Å²) in [6, 6.07) is 7.85. The van der Waals surface area contributed by atoms with Crippen molar-refractivity contribution in [1.29, 1.82) is 0 Å². The van der Waals surface area contributed by atoms with Crippen molar-refractivity contribution < 1.29 is 14.6 Å². The number of aliphatic hydroxyl groups is 1. The summed E-state index contributed by atoms with van der Waals surface area (Å²) in [5, 5.41) is 14.5. The average Bonchev–Trinajstić information content (AvgIpc) is 3.07. The van der Waals surface area contributed by atoms with Gasteiger partial charge in [-0.15, -0.1) is 11.3 Å². The van der Waals surface area contributed by atoms with Gasteiger partial charge in [0.1, 0.15) is 15.5 Å². The summed E-state index contributed by atoms with van der Waals surface area (Å²) in [6.45, 7) is 2.42. The van der Waals surface area contributed by atoms with E-state index in [1.54, 1.807) is 7.11 Å². The largest absolute Gasteiger partial charge is 0.383 e. The molecule has 0 saturated carbocycles. The molecule has 0 radical (unpaired) electrons. The zero-order valence-corrected chi connectivity index (χ0v) is 14.1. The van der Waals surface area contributed by atoms with Crippen LogP contribution in [0.15, 0.2) is 24.3 Å². The van der Waals surface area contributed by atoms with Gasteiger partial charge in [0.05, 0.1) is 18.8 Å². The summed E-state index contributed by atoms with van der Waals surface area (Å²) < 4.78 is 5.05. The first-order chi connectivity index (χ1) is 11.0. The number of ether oxygens (including phenoxy) is 1. The molecule has 1 atom stereocenters. The third-order valence-electron chi connectivity index (χ3n) is 4.18. The first-order valence-electron chi connectivity index (χ1n) is 7.58. The van der Waals surface area contributed by atoms with E-state index in [-0.39, 0.29) is 12.5 Å². The molecule has 0 saturated heterocycles. The van der Waals surface area contributed by atoms with Crippen LogP contribution in [-0.2, 0) is 23.4 Å². The van der Waals surface area contributed by atoms with Gasteiger partial charge in [-0.3, -0.25) is 4.79 Å². The van der Waals surface area contributed by atoms with Crippen molar-refractivity contribution in [2.24, 2.45) is 0 Å². The number of hydrogen-bond acceptors (Lipinski definition) is 5. The zero-order chi connectivity index (χ0) is 16.4. The molecule has 122 valence electrons. The number of aryl methyl sites for hydroxylation is 2. The Labute approximate surface area is 139 Å². The number of fused-ring (bicyclic) bond motifs is 1. The van der Waals surface area contributed by atoms with Crippen molar-refractivity contribution in [3.63, 3.8) is 0 Å². The molecule has 0 aliphatic heterocycles. The standard InChI is InChI=1S/C17H20N2O3S/c1-11-15(23-14(19-11)9-22-2)16(20)18-10-17(21)8-7-12-5-3-4-6-13(12)17/h3-6,21H,7-10H2,1-2H3,(H,18,20). The number of rotatable bonds is 5. The van der Waals surface area contributed by atoms with E-state index in [1.165, 1.54) is 11.3 Å². The van der Waals surface area contributed by atoms with E-state index in [0.29, 0.717) is 23.6 Å². The molecular weight excluding hydrogens is 312 g/mol. The lowest BCUT2D eigenvalue weighted by molar-refractivity contribution is 0.0370. The molecule has 1 aromatic carbocycles. The summed E-state index contributed by atoms with van der Waals surface area (Å²) in [6.07, 6.45) is 1.46. The molecule has 23 heavy (non-hydrogen) atoms. The van der Waals surface area contributed by atoms with E-state index < -0.39 is 5.60 Å². The van der Waals surface area contributed by atoms with E-state index in [2.05, 4.69) is 10.3 Å². The topological polar surface area (TPSA) is 71.5 Å².